The fraction of sp³-hybridized carbons (Fsp3) is 0.0333. The molecule has 1 N–H and O–H groups in total. The van der Waals surface area contributed by atoms with E-state index in [0.29, 0.717) is 0 Å². The Bertz CT molecular complexity index is 1530. The minimum absolute atomic E-state index is 0.154. The Morgan fingerprint density at radius 2 is 1.41 bits per heavy atom. The van der Waals surface area contributed by atoms with E-state index in [1.54, 1.807) is 18.0 Å². The second kappa shape index (κ2) is 10.2. The first kappa shape index (κ1) is 22.8. The number of fused-ring (bicyclic) bond motifs is 2. The smallest absolute Gasteiger partial charge is 0.260 e. The summed E-state index contributed by atoms with van der Waals surface area (Å²) in [6.45, 7) is 0.154. The normalized spacial score (nSPS) is 12.3. The number of nitrogens with zero attached hydrogens (tertiary/aromatic N) is 4. The Labute approximate surface area is 219 Å². The van der Waals surface area contributed by atoms with Crippen molar-refractivity contribution in [2.24, 2.45) is 5.10 Å². The van der Waals surface area contributed by atoms with Gasteiger partial charge in [-0.25, -0.2) is 10.1 Å². The van der Waals surface area contributed by atoms with Crippen molar-refractivity contribution in [2.45, 2.75) is 9.79 Å². The van der Waals surface area contributed by atoms with Gasteiger partial charge in [-0.3, -0.25) is 4.79 Å². The molecule has 0 saturated heterocycles. The van der Waals surface area contributed by atoms with Gasteiger partial charge in [0.1, 0.15) is 12.2 Å². The van der Waals surface area contributed by atoms with E-state index in [0.717, 1.165) is 43.7 Å². The fourth-order valence-electron chi connectivity index (χ4n) is 4.32. The fourth-order valence-corrected chi connectivity index (χ4v) is 5.42. The highest BCUT2D eigenvalue weighted by Crippen LogP contribution is 2.47. The lowest BCUT2D eigenvalue weighted by Gasteiger charge is -2.31. The molecule has 6 nitrogen and oxygen atoms in total. The summed E-state index contributed by atoms with van der Waals surface area (Å²) in [6, 6.07) is 36.1. The minimum Gasteiger partial charge on any atom is -0.330 e. The van der Waals surface area contributed by atoms with Crippen LogP contribution in [-0.4, -0.2) is 28.4 Å². The zero-order valence-electron chi connectivity index (χ0n) is 19.9. The van der Waals surface area contributed by atoms with Gasteiger partial charge < -0.3 is 4.90 Å². The van der Waals surface area contributed by atoms with Crippen molar-refractivity contribution in [2.75, 3.05) is 11.4 Å². The molecule has 0 bridgehead atoms. The molecule has 0 atom stereocenters. The Balaban J connectivity index is 1.24. The van der Waals surface area contributed by atoms with E-state index in [1.807, 2.05) is 113 Å². The molecule has 180 valence electrons. The molecular formula is C30H23N5OS. The number of nitrogens with one attached hydrogen (secondary N) is 1. The van der Waals surface area contributed by atoms with E-state index in [-0.39, 0.29) is 12.5 Å². The van der Waals surface area contributed by atoms with Crippen LogP contribution < -0.4 is 10.3 Å². The van der Waals surface area contributed by atoms with Crippen LogP contribution in [0.15, 0.2) is 130 Å². The lowest BCUT2D eigenvalue weighted by atomic mass is 10.1. The molecule has 2 heterocycles. The van der Waals surface area contributed by atoms with E-state index < -0.39 is 0 Å². The van der Waals surface area contributed by atoms with Gasteiger partial charge in [-0.15, -0.1) is 0 Å². The first-order valence-corrected chi connectivity index (χ1v) is 12.7. The van der Waals surface area contributed by atoms with Gasteiger partial charge in [0.25, 0.3) is 5.91 Å². The average molecular weight is 502 g/mol. The minimum atomic E-state index is -0.204. The summed E-state index contributed by atoms with van der Waals surface area (Å²) in [5.74, 6) is -0.204. The molecule has 7 heteroatoms. The summed E-state index contributed by atoms with van der Waals surface area (Å²) >= 11 is 1.72. The number of hydrogen-bond donors (Lipinski definition) is 1. The van der Waals surface area contributed by atoms with Crippen LogP contribution in [0.25, 0.3) is 16.9 Å². The number of anilines is 2. The van der Waals surface area contributed by atoms with Gasteiger partial charge in [0.2, 0.25) is 0 Å². The number of benzene rings is 4. The van der Waals surface area contributed by atoms with Crippen molar-refractivity contribution < 1.29 is 4.79 Å². The predicted octanol–water partition coefficient (Wildman–Crippen LogP) is 6.29. The van der Waals surface area contributed by atoms with Crippen molar-refractivity contribution in [3.63, 3.8) is 0 Å². The van der Waals surface area contributed by atoms with Gasteiger partial charge in [0, 0.05) is 27.1 Å². The quantitative estimate of drug-likeness (QED) is 0.219. The summed E-state index contributed by atoms with van der Waals surface area (Å²) < 4.78 is 1.82. The SMILES string of the molecule is O=C(CN1c2ccccc2Sc2ccccc21)N/N=C\c1cn(-c2ccccc2)nc1-c1ccccc1. The Kier molecular flexibility index (Phi) is 6.27. The van der Waals surface area contributed by atoms with Crippen molar-refractivity contribution in [1.29, 1.82) is 0 Å². The number of carbonyl (C=O) groups excluding carboxylic acids is 1. The molecule has 0 unspecified atom stereocenters. The van der Waals surface area contributed by atoms with Crippen molar-refractivity contribution in [3.05, 3.63) is 121 Å². The van der Waals surface area contributed by atoms with E-state index in [4.69, 9.17) is 5.10 Å². The third kappa shape index (κ3) is 4.77. The Morgan fingerprint density at radius 1 is 0.811 bits per heavy atom. The molecule has 0 aliphatic carbocycles. The van der Waals surface area contributed by atoms with Crippen LogP contribution in [0.5, 0.6) is 0 Å². The summed E-state index contributed by atoms with van der Waals surface area (Å²) in [7, 11) is 0. The maximum absolute atomic E-state index is 13.0. The van der Waals surface area contributed by atoms with Crippen molar-refractivity contribution >= 4 is 35.3 Å². The van der Waals surface area contributed by atoms with Crippen LogP contribution in [0, 0.1) is 0 Å². The third-order valence-electron chi connectivity index (χ3n) is 6.04. The lowest BCUT2D eigenvalue weighted by molar-refractivity contribution is -0.119. The summed E-state index contributed by atoms with van der Waals surface area (Å²) in [6.07, 6.45) is 3.57. The summed E-state index contributed by atoms with van der Waals surface area (Å²) in [4.78, 5) is 17.3. The second-order valence-corrected chi connectivity index (χ2v) is 9.58. The molecule has 1 aliphatic heterocycles. The molecule has 1 aromatic heterocycles. The van der Waals surface area contributed by atoms with Gasteiger partial charge in [-0.1, -0.05) is 84.6 Å². The van der Waals surface area contributed by atoms with E-state index >= 15 is 0 Å². The monoisotopic (exact) mass is 501 g/mol. The van der Waals surface area contributed by atoms with Crippen LogP contribution in [0.3, 0.4) is 0 Å². The van der Waals surface area contributed by atoms with Crippen LogP contribution in [0.4, 0.5) is 11.4 Å². The maximum Gasteiger partial charge on any atom is 0.260 e. The number of rotatable bonds is 6. The van der Waals surface area contributed by atoms with Crippen LogP contribution >= 0.6 is 11.8 Å². The topological polar surface area (TPSA) is 62.5 Å². The van der Waals surface area contributed by atoms with Gasteiger partial charge in [0.05, 0.1) is 23.3 Å². The average Bonchev–Trinajstić information content (AvgIpc) is 3.38. The maximum atomic E-state index is 13.0. The number of hydrazone groups is 1. The summed E-state index contributed by atoms with van der Waals surface area (Å²) in [5, 5.41) is 9.10. The zero-order valence-corrected chi connectivity index (χ0v) is 20.7. The molecule has 1 aliphatic rings. The number of carbonyl (C=O) groups is 1. The largest absolute Gasteiger partial charge is 0.330 e. The van der Waals surface area contributed by atoms with Crippen LogP contribution in [0.2, 0.25) is 0 Å². The molecule has 5 aromatic rings. The highest BCUT2D eigenvalue weighted by atomic mass is 32.2. The zero-order chi connectivity index (χ0) is 25.0. The molecule has 0 fully saturated rings. The second-order valence-electron chi connectivity index (χ2n) is 8.50. The third-order valence-corrected chi connectivity index (χ3v) is 7.17. The highest BCUT2D eigenvalue weighted by molar-refractivity contribution is 7.99. The molecule has 37 heavy (non-hydrogen) atoms. The molecule has 0 spiro atoms. The highest BCUT2D eigenvalue weighted by Gasteiger charge is 2.24. The molecule has 6 rings (SSSR count). The Hall–Kier alpha value is -4.62. The summed E-state index contributed by atoms with van der Waals surface area (Å²) in [5.41, 5.74) is 8.26. The number of aromatic nitrogens is 2. The van der Waals surface area contributed by atoms with Gasteiger partial charge >= 0.3 is 0 Å². The molecule has 0 saturated carbocycles. The standard InChI is InChI=1S/C30H23N5OS/c36-29(21-34-25-15-7-9-17-27(25)37-28-18-10-8-16-26(28)34)32-31-19-23-20-35(24-13-5-2-6-14-24)33-30(23)22-11-3-1-4-12-22/h1-20H,21H2,(H,32,36)/b31-19-. The van der Waals surface area contributed by atoms with E-state index in [1.165, 1.54) is 0 Å². The predicted molar refractivity (Wildman–Crippen MR) is 149 cm³/mol. The first-order chi connectivity index (χ1) is 18.3. The van der Waals surface area contributed by atoms with Gasteiger partial charge in [-0.05, 0) is 36.4 Å². The van der Waals surface area contributed by atoms with Crippen molar-refractivity contribution in [1.82, 2.24) is 15.2 Å². The number of hydrogen-bond acceptors (Lipinski definition) is 5. The van der Waals surface area contributed by atoms with Gasteiger partial charge in [-0.2, -0.15) is 10.2 Å². The molecular weight excluding hydrogens is 478 g/mol. The number of amides is 1. The Morgan fingerprint density at radius 3 is 2.08 bits per heavy atom. The van der Waals surface area contributed by atoms with E-state index in [9.17, 15) is 4.79 Å². The van der Waals surface area contributed by atoms with Gasteiger partial charge in [0.15, 0.2) is 0 Å². The van der Waals surface area contributed by atoms with Crippen LogP contribution in [-0.2, 0) is 4.79 Å². The first-order valence-electron chi connectivity index (χ1n) is 11.9. The van der Waals surface area contributed by atoms with Crippen LogP contribution in [0.1, 0.15) is 5.56 Å². The number of para-hydroxylation sites is 3. The molecule has 4 aromatic carbocycles. The lowest BCUT2D eigenvalue weighted by Crippen LogP contribution is -2.33. The van der Waals surface area contributed by atoms with E-state index in [2.05, 4.69) is 22.7 Å². The molecule has 0 radical (unpaired) electrons. The molecule has 1 amide bonds. The van der Waals surface area contributed by atoms with Crippen molar-refractivity contribution in [3.8, 4) is 16.9 Å².